The van der Waals surface area contributed by atoms with Crippen LogP contribution < -0.4 is 0 Å². The Morgan fingerprint density at radius 1 is 1.26 bits per heavy atom. The summed E-state index contributed by atoms with van der Waals surface area (Å²) < 4.78 is 5.12. The summed E-state index contributed by atoms with van der Waals surface area (Å²) in [6.45, 7) is 9.97. The van der Waals surface area contributed by atoms with Crippen LogP contribution in [0.3, 0.4) is 0 Å². The third-order valence-corrected chi connectivity index (χ3v) is 7.35. The fourth-order valence-electron chi connectivity index (χ4n) is 5.97. The van der Waals surface area contributed by atoms with Gasteiger partial charge in [0.05, 0.1) is 12.5 Å². The lowest BCUT2D eigenvalue weighted by molar-refractivity contribution is -0.141. The van der Waals surface area contributed by atoms with Crippen LogP contribution in [-0.2, 0) is 9.53 Å². The highest BCUT2D eigenvalue weighted by Gasteiger charge is 2.54. The lowest BCUT2D eigenvalue weighted by Crippen LogP contribution is -2.51. The van der Waals surface area contributed by atoms with Crippen molar-refractivity contribution in [3.8, 4) is 0 Å². The molecular weight excluding hydrogens is 288 g/mol. The fourth-order valence-corrected chi connectivity index (χ4v) is 5.97. The van der Waals surface area contributed by atoms with Crippen LogP contribution in [0.25, 0.3) is 0 Å². The Morgan fingerprint density at radius 3 is 2.70 bits per heavy atom. The number of cyclic esters (lactones) is 1. The molecule has 0 amide bonds. The molecule has 2 saturated carbocycles. The lowest BCUT2D eigenvalue weighted by Gasteiger charge is -2.58. The van der Waals surface area contributed by atoms with Gasteiger partial charge >= 0.3 is 5.97 Å². The van der Waals surface area contributed by atoms with Gasteiger partial charge in [0, 0.05) is 6.61 Å². The first kappa shape index (κ1) is 17.0. The Labute approximate surface area is 140 Å². The van der Waals surface area contributed by atoms with Gasteiger partial charge in [-0.3, -0.25) is 4.79 Å². The van der Waals surface area contributed by atoms with Crippen molar-refractivity contribution in [2.75, 3.05) is 13.2 Å². The van der Waals surface area contributed by atoms with Crippen molar-refractivity contribution < 1.29 is 14.6 Å². The first-order valence-corrected chi connectivity index (χ1v) is 9.36. The van der Waals surface area contributed by atoms with E-state index in [-0.39, 0.29) is 22.7 Å². The zero-order valence-electron chi connectivity index (χ0n) is 14.8. The fraction of sp³-hybridized carbons (Fsp3) is 0.850. The molecule has 0 aromatic carbocycles. The van der Waals surface area contributed by atoms with E-state index in [1.807, 2.05) is 0 Å². The third-order valence-electron chi connectivity index (χ3n) is 7.35. The van der Waals surface area contributed by atoms with Crippen LogP contribution in [0.1, 0.15) is 65.2 Å². The number of ether oxygens (including phenoxy) is 1. The van der Waals surface area contributed by atoms with E-state index in [1.54, 1.807) is 0 Å². The van der Waals surface area contributed by atoms with Crippen LogP contribution >= 0.6 is 0 Å². The van der Waals surface area contributed by atoms with E-state index in [0.717, 1.165) is 38.5 Å². The summed E-state index contributed by atoms with van der Waals surface area (Å²) in [6.07, 6.45) is 8.66. The molecule has 0 aromatic heterocycles. The predicted molar refractivity (Wildman–Crippen MR) is 90.8 cm³/mol. The standard InChI is InChI=1S/C20H32O3/c1-14-5-8-17-19(2,13-21)10-4-11-20(17,3)16(14)7-6-15-9-12-23-18(15)22/h15-17,21H,1,4-13H2,2-3H3/t15-,16-,17-,19+,20+/m0/s1. The van der Waals surface area contributed by atoms with Gasteiger partial charge in [-0.1, -0.05) is 32.4 Å². The van der Waals surface area contributed by atoms with Crippen LogP contribution in [0, 0.1) is 28.6 Å². The topological polar surface area (TPSA) is 46.5 Å². The Balaban J connectivity index is 1.77. The Hall–Kier alpha value is -0.830. The third kappa shape index (κ3) is 2.86. The number of hydrogen-bond donors (Lipinski definition) is 1. The van der Waals surface area contributed by atoms with Gasteiger partial charge in [-0.05, 0) is 67.6 Å². The molecule has 3 heteroatoms. The van der Waals surface area contributed by atoms with Gasteiger partial charge in [0.2, 0.25) is 0 Å². The number of aliphatic hydroxyl groups is 1. The summed E-state index contributed by atoms with van der Waals surface area (Å²) in [6, 6.07) is 0. The van der Waals surface area contributed by atoms with E-state index in [2.05, 4.69) is 20.4 Å². The van der Waals surface area contributed by atoms with E-state index in [9.17, 15) is 9.90 Å². The van der Waals surface area contributed by atoms with E-state index >= 15 is 0 Å². The molecule has 3 fully saturated rings. The number of fused-ring (bicyclic) bond motifs is 1. The van der Waals surface area contributed by atoms with E-state index in [4.69, 9.17) is 4.74 Å². The second-order valence-electron chi connectivity index (χ2n) is 8.70. The van der Waals surface area contributed by atoms with Crippen molar-refractivity contribution >= 4 is 5.97 Å². The molecule has 5 atom stereocenters. The zero-order chi connectivity index (χ0) is 16.7. The number of carbonyl (C=O) groups excluding carboxylic acids is 1. The van der Waals surface area contributed by atoms with Crippen molar-refractivity contribution in [2.24, 2.45) is 28.6 Å². The molecule has 1 N–H and O–H groups in total. The monoisotopic (exact) mass is 320 g/mol. The van der Waals surface area contributed by atoms with Crippen molar-refractivity contribution in [1.29, 1.82) is 0 Å². The smallest absolute Gasteiger partial charge is 0.309 e. The molecule has 1 heterocycles. The largest absolute Gasteiger partial charge is 0.465 e. The van der Waals surface area contributed by atoms with Gasteiger partial charge in [-0.25, -0.2) is 0 Å². The first-order valence-electron chi connectivity index (χ1n) is 9.36. The van der Waals surface area contributed by atoms with Crippen LogP contribution in [-0.4, -0.2) is 24.3 Å². The molecule has 0 bridgehead atoms. The molecule has 0 unspecified atom stereocenters. The second kappa shape index (κ2) is 6.23. The Bertz CT molecular complexity index is 485. The summed E-state index contributed by atoms with van der Waals surface area (Å²) in [7, 11) is 0. The molecule has 3 nitrogen and oxygen atoms in total. The van der Waals surface area contributed by atoms with E-state index in [0.29, 0.717) is 25.0 Å². The van der Waals surface area contributed by atoms with Crippen molar-refractivity contribution in [1.82, 2.24) is 0 Å². The molecule has 1 aliphatic heterocycles. The summed E-state index contributed by atoms with van der Waals surface area (Å²) >= 11 is 0. The minimum Gasteiger partial charge on any atom is -0.465 e. The minimum atomic E-state index is -0.00281. The van der Waals surface area contributed by atoms with Crippen LogP contribution in [0.5, 0.6) is 0 Å². The molecule has 3 aliphatic rings. The molecule has 2 aliphatic carbocycles. The maximum atomic E-state index is 11.8. The molecule has 0 spiro atoms. The molecule has 0 radical (unpaired) electrons. The number of hydrogen-bond acceptors (Lipinski definition) is 3. The molecule has 1 saturated heterocycles. The highest BCUT2D eigenvalue weighted by atomic mass is 16.5. The number of carbonyl (C=O) groups is 1. The van der Waals surface area contributed by atoms with Gasteiger partial charge < -0.3 is 9.84 Å². The van der Waals surface area contributed by atoms with E-state index < -0.39 is 0 Å². The zero-order valence-corrected chi connectivity index (χ0v) is 14.8. The molecule has 130 valence electrons. The molecular formula is C20H32O3. The van der Waals surface area contributed by atoms with Crippen LogP contribution in [0.4, 0.5) is 0 Å². The average Bonchev–Trinajstić information content (AvgIpc) is 2.91. The SMILES string of the molecule is C=C1CC[C@H]2[C@@](C)(CO)CCC[C@]2(C)[C@H]1CC[C@H]1CCOC1=O. The minimum absolute atomic E-state index is 0.00281. The first-order chi connectivity index (χ1) is 10.9. The average molecular weight is 320 g/mol. The normalized spacial score (nSPS) is 44.0. The Morgan fingerprint density at radius 2 is 2.04 bits per heavy atom. The van der Waals surface area contributed by atoms with Gasteiger partial charge in [0.1, 0.15) is 0 Å². The molecule has 23 heavy (non-hydrogen) atoms. The number of rotatable bonds is 4. The van der Waals surface area contributed by atoms with Crippen LogP contribution in [0.2, 0.25) is 0 Å². The van der Waals surface area contributed by atoms with Crippen LogP contribution in [0.15, 0.2) is 12.2 Å². The summed E-state index contributed by atoms with van der Waals surface area (Å²) in [5, 5.41) is 10.0. The lowest BCUT2D eigenvalue weighted by atomic mass is 9.46. The van der Waals surface area contributed by atoms with Gasteiger partial charge in [-0.2, -0.15) is 0 Å². The molecule has 0 aromatic rings. The number of aliphatic hydroxyl groups excluding tert-OH is 1. The van der Waals surface area contributed by atoms with Gasteiger partial charge in [0.25, 0.3) is 0 Å². The number of esters is 1. The van der Waals surface area contributed by atoms with Crippen molar-refractivity contribution in [3.05, 3.63) is 12.2 Å². The molecule has 3 rings (SSSR count). The predicted octanol–water partition coefficient (Wildman–Crippen LogP) is 4.10. The van der Waals surface area contributed by atoms with Gasteiger partial charge in [0.15, 0.2) is 0 Å². The van der Waals surface area contributed by atoms with Gasteiger partial charge in [-0.15, -0.1) is 0 Å². The van der Waals surface area contributed by atoms with Crippen molar-refractivity contribution in [2.45, 2.75) is 65.2 Å². The quantitative estimate of drug-likeness (QED) is 0.626. The van der Waals surface area contributed by atoms with E-state index in [1.165, 1.54) is 18.4 Å². The summed E-state index contributed by atoms with van der Waals surface area (Å²) in [4.78, 5) is 11.8. The van der Waals surface area contributed by atoms with Crippen molar-refractivity contribution in [3.63, 3.8) is 0 Å². The Kier molecular flexibility index (Phi) is 4.61. The number of allylic oxidation sites excluding steroid dienone is 1. The summed E-state index contributed by atoms with van der Waals surface area (Å²) in [5.74, 6) is 1.15. The maximum Gasteiger partial charge on any atom is 0.309 e. The highest BCUT2D eigenvalue weighted by molar-refractivity contribution is 5.74. The summed E-state index contributed by atoms with van der Waals surface area (Å²) in [5.41, 5.74) is 1.66. The highest BCUT2D eigenvalue weighted by Crippen LogP contribution is 2.61. The maximum absolute atomic E-state index is 11.8. The second-order valence-corrected chi connectivity index (χ2v) is 8.70.